The third-order valence-electron chi connectivity index (χ3n) is 2.31. The molecule has 18 heavy (non-hydrogen) atoms. The van der Waals surface area contributed by atoms with Crippen LogP contribution in [0.1, 0.15) is 15.2 Å². The summed E-state index contributed by atoms with van der Waals surface area (Å²) in [6, 6.07) is 2.44. The van der Waals surface area contributed by atoms with E-state index in [1.807, 2.05) is 0 Å². The number of rotatable bonds is 3. The Labute approximate surface area is 105 Å². The average Bonchev–Trinajstić information content (AvgIpc) is 2.81. The van der Waals surface area contributed by atoms with Gasteiger partial charge in [0.2, 0.25) is 5.78 Å². The number of carbonyl (C=O) groups is 1. The number of hydrogen-bond donors (Lipinski definition) is 0. The van der Waals surface area contributed by atoms with Crippen LogP contribution in [0.25, 0.3) is 0 Å². The highest BCUT2D eigenvalue weighted by molar-refractivity contribution is 7.12. The molecule has 0 aliphatic heterocycles. The lowest BCUT2D eigenvalue weighted by Gasteiger charge is -2.04. The molecule has 0 N–H and O–H groups in total. The molecule has 0 aliphatic rings. The first-order chi connectivity index (χ1) is 8.54. The Hall–Kier alpha value is -1.82. The summed E-state index contributed by atoms with van der Waals surface area (Å²) in [5.74, 6) is -4.17. The van der Waals surface area contributed by atoms with Gasteiger partial charge in [0.1, 0.15) is 16.4 Å². The van der Waals surface area contributed by atoms with E-state index in [9.17, 15) is 18.0 Å². The maximum Gasteiger partial charge on any atom is 0.209 e. The van der Waals surface area contributed by atoms with Gasteiger partial charge in [-0.15, -0.1) is 11.3 Å². The zero-order chi connectivity index (χ0) is 13.3. The molecule has 1 heterocycles. The first kappa shape index (κ1) is 12.6. The van der Waals surface area contributed by atoms with Crippen molar-refractivity contribution in [2.75, 3.05) is 7.11 Å². The number of ether oxygens (including phenoxy) is 1. The van der Waals surface area contributed by atoms with Crippen LogP contribution in [0.4, 0.5) is 13.2 Å². The number of hydrogen-bond acceptors (Lipinski definition) is 3. The van der Waals surface area contributed by atoms with Crippen LogP contribution in [0, 0.1) is 17.5 Å². The van der Waals surface area contributed by atoms with Gasteiger partial charge in [0.25, 0.3) is 0 Å². The molecule has 0 fully saturated rings. The first-order valence-corrected chi connectivity index (χ1v) is 5.73. The second kappa shape index (κ2) is 4.81. The highest BCUT2D eigenvalue weighted by atomic mass is 32.1. The summed E-state index contributed by atoms with van der Waals surface area (Å²) in [7, 11) is 1.36. The van der Waals surface area contributed by atoms with E-state index in [1.54, 1.807) is 5.38 Å². The highest BCUT2D eigenvalue weighted by Gasteiger charge is 2.21. The molecule has 1 aromatic carbocycles. The van der Waals surface area contributed by atoms with Crippen molar-refractivity contribution in [3.63, 3.8) is 0 Å². The second-order valence-corrected chi connectivity index (χ2v) is 4.31. The first-order valence-electron chi connectivity index (χ1n) is 4.85. The molecule has 0 saturated carbocycles. The predicted molar refractivity (Wildman–Crippen MR) is 60.6 cm³/mol. The number of thiophene rings is 1. The largest absolute Gasteiger partial charge is 0.495 e. The molecule has 0 saturated heterocycles. The van der Waals surface area contributed by atoms with Crippen LogP contribution in [0.2, 0.25) is 0 Å². The number of ketones is 1. The van der Waals surface area contributed by atoms with Gasteiger partial charge in [-0.25, -0.2) is 13.2 Å². The number of methoxy groups -OCH3 is 1. The summed E-state index contributed by atoms with van der Waals surface area (Å²) in [4.78, 5) is 12.1. The molecule has 0 atom stereocenters. The van der Waals surface area contributed by atoms with Gasteiger partial charge in [0.05, 0.1) is 12.7 Å². The van der Waals surface area contributed by atoms with E-state index < -0.39 is 28.8 Å². The van der Waals surface area contributed by atoms with Gasteiger partial charge >= 0.3 is 0 Å². The molecule has 1 aromatic heterocycles. The quantitative estimate of drug-likeness (QED) is 0.632. The van der Waals surface area contributed by atoms with Crippen LogP contribution >= 0.6 is 11.3 Å². The van der Waals surface area contributed by atoms with Crippen LogP contribution in [0.5, 0.6) is 5.75 Å². The Bertz CT molecular complexity index is 607. The minimum absolute atomic E-state index is 0.141. The van der Waals surface area contributed by atoms with E-state index in [0.717, 1.165) is 11.3 Å². The van der Waals surface area contributed by atoms with Gasteiger partial charge < -0.3 is 4.74 Å². The van der Waals surface area contributed by atoms with E-state index in [2.05, 4.69) is 0 Å². The third kappa shape index (κ3) is 2.11. The lowest BCUT2D eigenvalue weighted by atomic mass is 10.1. The molecule has 0 amide bonds. The van der Waals surface area contributed by atoms with Crippen molar-refractivity contribution >= 4 is 17.1 Å². The molecule has 0 radical (unpaired) electrons. The molecule has 2 rings (SSSR count). The summed E-state index contributed by atoms with van der Waals surface area (Å²) < 4.78 is 44.2. The Kier molecular flexibility index (Phi) is 3.38. The fourth-order valence-electron chi connectivity index (χ4n) is 1.44. The van der Waals surface area contributed by atoms with Crippen molar-refractivity contribution in [3.8, 4) is 5.75 Å². The van der Waals surface area contributed by atoms with Gasteiger partial charge in [-0.2, -0.15) is 0 Å². The van der Waals surface area contributed by atoms with Crippen LogP contribution < -0.4 is 4.74 Å². The van der Waals surface area contributed by atoms with Gasteiger partial charge in [-0.05, 0) is 17.5 Å². The maximum atomic E-state index is 13.4. The number of carbonyl (C=O) groups excluding carboxylic acids is 1. The van der Waals surface area contributed by atoms with E-state index in [-0.39, 0.29) is 10.6 Å². The monoisotopic (exact) mass is 272 g/mol. The SMILES string of the molecule is COc1ccsc1C(=O)c1cc(F)c(F)cc1F. The van der Waals surface area contributed by atoms with E-state index >= 15 is 0 Å². The second-order valence-electron chi connectivity index (χ2n) is 3.39. The van der Waals surface area contributed by atoms with Crippen LogP contribution in [0.3, 0.4) is 0 Å². The average molecular weight is 272 g/mol. The minimum Gasteiger partial charge on any atom is -0.495 e. The Morgan fingerprint density at radius 2 is 1.83 bits per heavy atom. The van der Waals surface area contributed by atoms with Crippen molar-refractivity contribution in [2.24, 2.45) is 0 Å². The molecular formula is C12H7F3O2S. The van der Waals surface area contributed by atoms with Crippen molar-refractivity contribution in [3.05, 3.63) is 51.5 Å². The summed E-state index contributed by atoms with van der Waals surface area (Å²) in [6.45, 7) is 0. The maximum absolute atomic E-state index is 13.4. The fourth-order valence-corrected chi connectivity index (χ4v) is 2.25. The van der Waals surface area contributed by atoms with Crippen molar-refractivity contribution in [1.29, 1.82) is 0 Å². The van der Waals surface area contributed by atoms with Crippen LogP contribution in [0.15, 0.2) is 23.6 Å². The lowest BCUT2D eigenvalue weighted by molar-refractivity contribution is 0.103. The van der Waals surface area contributed by atoms with Gasteiger partial charge in [0, 0.05) is 6.07 Å². The molecule has 2 aromatic rings. The molecule has 0 unspecified atom stereocenters. The van der Waals surface area contributed by atoms with Gasteiger partial charge in [0.15, 0.2) is 11.6 Å². The molecule has 94 valence electrons. The van der Waals surface area contributed by atoms with Crippen LogP contribution in [-0.4, -0.2) is 12.9 Å². The number of benzene rings is 1. The molecule has 0 bridgehead atoms. The number of halogens is 3. The lowest BCUT2D eigenvalue weighted by Crippen LogP contribution is -2.05. The molecule has 0 spiro atoms. The van der Waals surface area contributed by atoms with Gasteiger partial charge in [-0.3, -0.25) is 4.79 Å². The van der Waals surface area contributed by atoms with E-state index in [4.69, 9.17) is 4.74 Å². The predicted octanol–water partition coefficient (Wildman–Crippen LogP) is 3.41. The van der Waals surface area contributed by atoms with Crippen LogP contribution in [-0.2, 0) is 0 Å². The summed E-state index contributed by atoms with van der Waals surface area (Å²) in [5.41, 5.74) is -0.519. The minimum atomic E-state index is -1.33. The zero-order valence-electron chi connectivity index (χ0n) is 9.17. The van der Waals surface area contributed by atoms with Crippen molar-refractivity contribution < 1.29 is 22.7 Å². The highest BCUT2D eigenvalue weighted by Crippen LogP contribution is 2.28. The zero-order valence-corrected chi connectivity index (χ0v) is 9.98. The summed E-state index contributed by atoms with van der Waals surface area (Å²) >= 11 is 1.04. The summed E-state index contributed by atoms with van der Waals surface area (Å²) in [5, 5.41) is 1.59. The van der Waals surface area contributed by atoms with Crippen molar-refractivity contribution in [1.82, 2.24) is 0 Å². The molecule has 0 aliphatic carbocycles. The smallest absolute Gasteiger partial charge is 0.209 e. The van der Waals surface area contributed by atoms with E-state index in [0.29, 0.717) is 12.1 Å². The van der Waals surface area contributed by atoms with Crippen molar-refractivity contribution in [2.45, 2.75) is 0 Å². The third-order valence-corrected chi connectivity index (χ3v) is 3.20. The Balaban J connectivity index is 2.50. The fraction of sp³-hybridized carbons (Fsp3) is 0.0833. The summed E-state index contributed by atoms with van der Waals surface area (Å²) in [6.07, 6.45) is 0. The topological polar surface area (TPSA) is 26.3 Å². The molecule has 2 nitrogen and oxygen atoms in total. The van der Waals surface area contributed by atoms with E-state index in [1.165, 1.54) is 13.2 Å². The standard InChI is InChI=1S/C12H7F3O2S/c1-17-10-2-3-18-12(10)11(16)6-4-8(14)9(15)5-7(6)13/h2-5H,1H3. The normalized spacial score (nSPS) is 10.4. The Morgan fingerprint density at radius 3 is 2.50 bits per heavy atom. The molecule has 6 heteroatoms. The molecular weight excluding hydrogens is 265 g/mol. The van der Waals surface area contributed by atoms with Gasteiger partial charge in [-0.1, -0.05) is 0 Å². The Morgan fingerprint density at radius 1 is 1.17 bits per heavy atom.